The molecule has 5 rings (SSSR count). The van der Waals surface area contributed by atoms with Gasteiger partial charge < -0.3 is 30.1 Å². The zero-order valence-corrected chi connectivity index (χ0v) is 26.4. The molecule has 10 nitrogen and oxygen atoms in total. The zero-order chi connectivity index (χ0) is 32.4. The van der Waals surface area contributed by atoms with Crippen LogP contribution in [0.2, 0.25) is 0 Å². The van der Waals surface area contributed by atoms with Crippen molar-refractivity contribution in [3.05, 3.63) is 60.7 Å². The molecule has 0 radical (unpaired) electrons. The molecule has 242 valence electrons. The quantitative estimate of drug-likeness (QED) is 0.321. The van der Waals surface area contributed by atoms with Gasteiger partial charge in [-0.05, 0) is 62.3 Å². The van der Waals surface area contributed by atoms with E-state index in [2.05, 4.69) is 17.2 Å². The standard InChI is InChI=1S/C35H45N3O7/c1-5-25-19-35(25,32(41)42)37-30(39)28-18-26(44-21-24-16-11-15-22-12-9-10-17-27(22)24)20-38(28)31(40)29(23-13-7-6-8-14-23)36-33(43)45-34(2,3)4/h5,9-12,15-17,23,25-26,28-29H,1,6-8,13-14,18-21H2,2-4H3,(H,36,43)(H,37,39)(H,41,42)/t25?,26-,28+,29+,35-/m1/s1. The first kappa shape index (κ1) is 32.5. The van der Waals surface area contributed by atoms with Gasteiger partial charge in [0, 0.05) is 18.9 Å². The second-order valence-corrected chi connectivity index (χ2v) is 13.6. The van der Waals surface area contributed by atoms with E-state index in [9.17, 15) is 24.3 Å². The third-order valence-electron chi connectivity index (χ3n) is 9.29. The van der Waals surface area contributed by atoms with Crippen LogP contribution in [0, 0.1) is 11.8 Å². The number of hydrogen-bond acceptors (Lipinski definition) is 6. The van der Waals surface area contributed by atoms with Gasteiger partial charge >= 0.3 is 12.1 Å². The second kappa shape index (κ2) is 13.2. The van der Waals surface area contributed by atoms with Crippen molar-refractivity contribution in [1.29, 1.82) is 0 Å². The minimum absolute atomic E-state index is 0.114. The molecule has 0 aromatic heterocycles. The molecule has 1 heterocycles. The summed E-state index contributed by atoms with van der Waals surface area (Å²) in [6.45, 7) is 9.40. The SMILES string of the molecule is C=CC1C[C@]1(NC(=O)[C@@H]1C[C@@H](OCc2cccc3ccccc23)CN1C(=O)[C@@H](NC(=O)OC(C)(C)C)C1CCCCC1)C(=O)O. The number of likely N-dealkylation sites (tertiary alicyclic amines) is 1. The summed E-state index contributed by atoms with van der Waals surface area (Å²) in [7, 11) is 0. The third kappa shape index (κ3) is 7.32. The fourth-order valence-corrected chi connectivity index (χ4v) is 6.82. The summed E-state index contributed by atoms with van der Waals surface area (Å²) >= 11 is 0. The number of nitrogens with zero attached hydrogens (tertiary/aromatic N) is 1. The lowest BCUT2D eigenvalue weighted by atomic mass is 9.83. The Balaban J connectivity index is 1.39. The van der Waals surface area contributed by atoms with Crippen molar-refractivity contribution in [2.24, 2.45) is 11.8 Å². The lowest BCUT2D eigenvalue weighted by Crippen LogP contribution is -2.58. The molecular weight excluding hydrogens is 574 g/mol. The van der Waals surface area contributed by atoms with Gasteiger partial charge in [0.2, 0.25) is 11.8 Å². The van der Waals surface area contributed by atoms with Gasteiger partial charge in [-0.3, -0.25) is 9.59 Å². The van der Waals surface area contributed by atoms with E-state index in [-0.39, 0.29) is 37.8 Å². The number of carboxylic acids is 1. The monoisotopic (exact) mass is 619 g/mol. The third-order valence-corrected chi connectivity index (χ3v) is 9.29. The van der Waals surface area contributed by atoms with E-state index in [1.54, 1.807) is 20.8 Å². The summed E-state index contributed by atoms with van der Waals surface area (Å²) in [5, 5.41) is 17.7. The molecule has 3 N–H and O–H groups in total. The minimum Gasteiger partial charge on any atom is -0.479 e. The van der Waals surface area contributed by atoms with E-state index in [4.69, 9.17) is 9.47 Å². The molecule has 0 bridgehead atoms. The highest BCUT2D eigenvalue weighted by Gasteiger charge is 2.61. The van der Waals surface area contributed by atoms with Crippen molar-refractivity contribution < 1.29 is 33.8 Å². The van der Waals surface area contributed by atoms with Crippen LogP contribution in [-0.4, -0.2) is 69.8 Å². The molecular formula is C35H45N3O7. The Hall–Kier alpha value is -3.92. The topological polar surface area (TPSA) is 134 Å². The van der Waals surface area contributed by atoms with Crippen molar-refractivity contribution in [3.63, 3.8) is 0 Å². The first-order valence-electron chi connectivity index (χ1n) is 16.0. The summed E-state index contributed by atoms with van der Waals surface area (Å²) < 4.78 is 11.9. The van der Waals surface area contributed by atoms with Crippen LogP contribution >= 0.6 is 0 Å². The Morgan fingerprint density at radius 1 is 1.09 bits per heavy atom. The Morgan fingerprint density at radius 3 is 2.47 bits per heavy atom. The number of carboxylic acid groups (broad SMARTS) is 1. The van der Waals surface area contributed by atoms with Crippen molar-refractivity contribution in [2.75, 3.05) is 6.54 Å². The fourth-order valence-electron chi connectivity index (χ4n) is 6.82. The van der Waals surface area contributed by atoms with Crippen molar-refractivity contribution >= 4 is 34.6 Å². The van der Waals surface area contributed by atoms with Crippen molar-refractivity contribution in [1.82, 2.24) is 15.5 Å². The van der Waals surface area contributed by atoms with Gasteiger partial charge in [0.05, 0.1) is 12.7 Å². The number of aliphatic carboxylic acids is 1. The summed E-state index contributed by atoms with van der Waals surface area (Å²) in [5.41, 5.74) is -1.20. The molecule has 1 unspecified atom stereocenters. The zero-order valence-electron chi connectivity index (χ0n) is 26.4. The summed E-state index contributed by atoms with van der Waals surface area (Å²) in [6, 6.07) is 12.2. The summed E-state index contributed by atoms with van der Waals surface area (Å²) in [5.74, 6) is -2.58. The molecule has 3 amide bonds. The first-order chi connectivity index (χ1) is 21.4. The molecule has 3 aliphatic rings. The van der Waals surface area contributed by atoms with Gasteiger partial charge in [-0.15, -0.1) is 6.58 Å². The molecule has 1 aliphatic heterocycles. The highest BCUT2D eigenvalue weighted by molar-refractivity contribution is 5.96. The predicted molar refractivity (Wildman–Crippen MR) is 169 cm³/mol. The van der Waals surface area contributed by atoms with Crippen molar-refractivity contribution in [2.45, 2.75) is 102 Å². The van der Waals surface area contributed by atoms with Gasteiger partial charge in [0.15, 0.2) is 0 Å². The molecule has 45 heavy (non-hydrogen) atoms. The van der Waals surface area contributed by atoms with Crippen LogP contribution in [0.15, 0.2) is 55.1 Å². The fraction of sp³-hybridized carbons (Fsp3) is 0.543. The van der Waals surface area contributed by atoms with Gasteiger partial charge in [0.25, 0.3) is 0 Å². The van der Waals surface area contributed by atoms with Gasteiger partial charge in [0.1, 0.15) is 23.2 Å². The molecule has 0 spiro atoms. The molecule has 2 aromatic rings. The van der Waals surface area contributed by atoms with Crippen molar-refractivity contribution in [3.8, 4) is 0 Å². The van der Waals surface area contributed by atoms with Crippen LogP contribution in [0.4, 0.5) is 4.79 Å². The molecule has 2 aromatic carbocycles. The van der Waals surface area contributed by atoms with E-state index in [0.29, 0.717) is 0 Å². The van der Waals surface area contributed by atoms with Gasteiger partial charge in [-0.2, -0.15) is 0 Å². The van der Waals surface area contributed by atoms with Crippen LogP contribution in [-0.2, 0) is 30.5 Å². The lowest BCUT2D eigenvalue weighted by molar-refractivity contribution is -0.146. The number of fused-ring (bicyclic) bond motifs is 1. The number of hydrogen-bond donors (Lipinski definition) is 3. The van der Waals surface area contributed by atoms with E-state index < -0.39 is 53.2 Å². The number of alkyl carbamates (subject to hydrolysis) is 1. The highest BCUT2D eigenvalue weighted by Crippen LogP contribution is 2.45. The number of amides is 3. The van der Waals surface area contributed by atoms with Crippen LogP contribution in [0.1, 0.15) is 71.3 Å². The number of ether oxygens (including phenoxy) is 2. The van der Waals surface area contributed by atoms with Gasteiger partial charge in [-0.25, -0.2) is 9.59 Å². The number of carbonyl (C=O) groups is 4. The molecule has 10 heteroatoms. The van der Waals surface area contributed by atoms with E-state index in [0.717, 1.165) is 48.4 Å². The van der Waals surface area contributed by atoms with Crippen LogP contribution in [0.5, 0.6) is 0 Å². The maximum atomic E-state index is 14.4. The van der Waals surface area contributed by atoms with Crippen LogP contribution in [0.3, 0.4) is 0 Å². The number of nitrogens with one attached hydrogen (secondary N) is 2. The van der Waals surface area contributed by atoms with Crippen LogP contribution in [0.25, 0.3) is 10.8 Å². The van der Waals surface area contributed by atoms with E-state index >= 15 is 0 Å². The second-order valence-electron chi connectivity index (χ2n) is 13.6. The first-order valence-corrected chi connectivity index (χ1v) is 16.0. The number of carbonyl (C=O) groups excluding carboxylic acids is 3. The predicted octanol–water partition coefficient (Wildman–Crippen LogP) is 4.95. The average molecular weight is 620 g/mol. The number of rotatable bonds is 10. The Morgan fingerprint density at radius 2 is 1.80 bits per heavy atom. The molecule has 1 saturated heterocycles. The molecule has 2 saturated carbocycles. The molecule has 5 atom stereocenters. The Kier molecular flexibility index (Phi) is 9.53. The highest BCUT2D eigenvalue weighted by atomic mass is 16.6. The molecule has 2 aliphatic carbocycles. The summed E-state index contributed by atoms with van der Waals surface area (Å²) in [6.07, 6.45) is 5.27. The lowest BCUT2D eigenvalue weighted by Gasteiger charge is -2.35. The summed E-state index contributed by atoms with van der Waals surface area (Å²) in [4.78, 5) is 54.8. The van der Waals surface area contributed by atoms with E-state index in [1.165, 1.54) is 11.0 Å². The molecule has 3 fully saturated rings. The Labute approximate surface area is 264 Å². The maximum Gasteiger partial charge on any atom is 0.408 e. The number of benzene rings is 2. The van der Waals surface area contributed by atoms with Gasteiger partial charge in [-0.1, -0.05) is 67.8 Å². The average Bonchev–Trinajstić information content (AvgIpc) is 3.56. The smallest absolute Gasteiger partial charge is 0.408 e. The van der Waals surface area contributed by atoms with Crippen LogP contribution < -0.4 is 10.6 Å². The largest absolute Gasteiger partial charge is 0.479 e. The minimum atomic E-state index is -1.44. The maximum absolute atomic E-state index is 14.4. The van der Waals surface area contributed by atoms with E-state index in [1.807, 2.05) is 42.5 Å². The Bertz CT molecular complexity index is 1440. The normalized spacial score (nSPS) is 25.8.